The van der Waals surface area contributed by atoms with Gasteiger partial charge in [-0.1, -0.05) is 5.57 Å². The highest BCUT2D eigenvalue weighted by molar-refractivity contribution is 5.89. The number of aliphatic carboxylic acids is 1. The molecule has 13 heavy (non-hydrogen) atoms. The van der Waals surface area contributed by atoms with Crippen molar-refractivity contribution in [3.05, 3.63) is 11.1 Å². The van der Waals surface area contributed by atoms with E-state index in [4.69, 9.17) is 10.2 Å². The third-order valence-electron chi connectivity index (χ3n) is 2.48. The van der Waals surface area contributed by atoms with Gasteiger partial charge in [0.15, 0.2) is 0 Å². The van der Waals surface area contributed by atoms with Crippen LogP contribution in [-0.2, 0) is 4.79 Å². The monoisotopic (exact) mass is 186 g/mol. The van der Waals surface area contributed by atoms with Crippen molar-refractivity contribution < 1.29 is 20.1 Å². The third kappa shape index (κ3) is 1.89. The van der Waals surface area contributed by atoms with Gasteiger partial charge in [0.05, 0.1) is 6.10 Å². The predicted molar refractivity (Wildman–Crippen MR) is 46.2 cm³/mol. The molecular formula is C9H14O4. The topological polar surface area (TPSA) is 77.8 Å². The lowest BCUT2D eigenvalue weighted by Crippen LogP contribution is -2.21. The number of aliphatic hydroxyl groups excluding tert-OH is 2. The van der Waals surface area contributed by atoms with Gasteiger partial charge in [-0.15, -0.1) is 0 Å². The van der Waals surface area contributed by atoms with Crippen LogP contribution in [0.4, 0.5) is 0 Å². The Balaban J connectivity index is 2.85. The summed E-state index contributed by atoms with van der Waals surface area (Å²) in [5.41, 5.74) is 1.00. The van der Waals surface area contributed by atoms with E-state index < -0.39 is 18.0 Å². The fourth-order valence-corrected chi connectivity index (χ4v) is 1.89. The van der Waals surface area contributed by atoms with E-state index >= 15 is 0 Å². The molecule has 0 fully saturated rings. The molecule has 0 radical (unpaired) electrons. The summed E-state index contributed by atoms with van der Waals surface area (Å²) in [5, 5.41) is 27.0. The van der Waals surface area contributed by atoms with Crippen LogP contribution in [0.25, 0.3) is 0 Å². The summed E-state index contributed by atoms with van der Waals surface area (Å²) in [6.45, 7) is 1.62. The summed E-state index contributed by atoms with van der Waals surface area (Å²) in [4.78, 5) is 10.8. The first-order chi connectivity index (χ1) is 6.07. The number of rotatable bonds is 3. The molecule has 0 spiro atoms. The van der Waals surface area contributed by atoms with Crippen molar-refractivity contribution in [2.45, 2.75) is 25.9 Å². The first-order valence-electron chi connectivity index (χ1n) is 4.29. The highest BCUT2D eigenvalue weighted by Crippen LogP contribution is 2.34. The largest absolute Gasteiger partial charge is 0.478 e. The summed E-state index contributed by atoms with van der Waals surface area (Å²) < 4.78 is 0. The van der Waals surface area contributed by atoms with Gasteiger partial charge < -0.3 is 15.3 Å². The van der Waals surface area contributed by atoms with E-state index in [2.05, 4.69) is 0 Å². The highest BCUT2D eigenvalue weighted by atomic mass is 16.4. The summed E-state index contributed by atoms with van der Waals surface area (Å²) in [5.74, 6) is -1.38. The number of carbonyl (C=O) groups is 1. The van der Waals surface area contributed by atoms with Crippen molar-refractivity contribution in [3.8, 4) is 0 Å². The molecule has 0 aliphatic heterocycles. The minimum absolute atomic E-state index is 0.0915. The third-order valence-corrected chi connectivity index (χ3v) is 2.48. The number of aliphatic hydroxyl groups is 2. The van der Waals surface area contributed by atoms with Crippen LogP contribution < -0.4 is 0 Å². The number of carboxylic acids is 1. The molecule has 0 aromatic carbocycles. The summed E-state index contributed by atoms with van der Waals surface area (Å²) >= 11 is 0. The van der Waals surface area contributed by atoms with Gasteiger partial charge in [-0.25, -0.2) is 4.79 Å². The van der Waals surface area contributed by atoms with Crippen LogP contribution in [0.1, 0.15) is 19.8 Å². The van der Waals surface area contributed by atoms with Gasteiger partial charge in [-0.3, -0.25) is 0 Å². The van der Waals surface area contributed by atoms with Crippen molar-refractivity contribution in [1.29, 1.82) is 0 Å². The van der Waals surface area contributed by atoms with Gasteiger partial charge in [0.2, 0.25) is 0 Å². The zero-order valence-electron chi connectivity index (χ0n) is 7.53. The Kier molecular flexibility index (Phi) is 3.06. The molecule has 1 aliphatic carbocycles. The lowest BCUT2D eigenvalue weighted by Gasteiger charge is -2.14. The Morgan fingerprint density at radius 3 is 2.69 bits per heavy atom. The van der Waals surface area contributed by atoms with Gasteiger partial charge in [0.25, 0.3) is 0 Å². The predicted octanol–water partition coefficient (Wildman–Crippen LogP) is 0.151. The Labute approximate surface area is 76.5 Å². The van der Waals surface area contributed by atoms with E-state index in [9.17, 15) is 9.90 Å². The van der Waals surface area contributed by atoms with Crippen molar-refractivity contribution in [2.24, 2.45) is 5.92 Å². The van der Waals surface area contributed by atoms with Crippen LogP contribution in [0.15, 0.2) is 11.1 Å². The molecule has 0 unspecified atom stereocenters. The standard InChI is InChI=1S/C9H14O4/c1-5-4-7(11)6(2-3-10)8(5)9(12)13/h6-7,10-11H,2-4H2,1H3,(H,12,13)/t6-,7+/m0/s1. The Morgan fingerprint density at radius 2 is 2.23 bits per heavy atom. The lowest BCUT2D eigenvalue weighted by molar-refractivity contribution is -0.133. The average molecular weight is 186 g/mol. The highest BCUT2D eigenvalue weighted by Gasteiger charge is 2.34. The van der Waals surface area contributed by atoms with Gasteiger partial charge in [-0.05, 0) is 19.8 Å². The van der Waals surface area contributed by atoms with Crippen LogP contribution in [0.2, 0.25) is 0 Å². The number of hydrogen-bond acceptors (Lipinski definition) is 3. The van der Waals surface area contributed by atoms with Crippen molar-refractivity contribution >= 4 is 5.97 Å². The fraction of sp³-hybridized carbons (Fsp3) is 0.667. The van der Waals surface area contributed by atoms with E-state index in [0.717, 1.165) is 5.57 Å². The van der Waals surface area contributed by atoms with Crippen molar-refractivity contribution in [1.82, 2.24) is 0 Å². The SMILES string of the molecule is CC1=C(C(=O)O)[C@@H](CCO)[C@H](O)C1. The molecule has 4 nitrogen and oxygen atoms in total. The Bertz CT molecular complexity index is 244. The van der Waals surface area contributed by atoms with Crippen LogP contribution in [-0.4, -0.2) is 34.0 Å². The van der Waals surface area contributed by atoms with Crippen LogP contribution in [0.5, 0.6) is 0 Å². The number of carboxylic acid groups (broad SMARTS) is 1. The molecular weight excluding hydrogens is 172 g/mol. The minimum Gasteiger partial charge on any atom is -0.478 e. The lowest BCUT2D eigenvalue weighted by atomic mass is 9.96. The Hall–Kier alpha value is -0.870. The Morgan fingerprint density at radius 1 is 1.62 bits per heavy atom. The van der Waals surface area contributed by atoms with E-state index in [0.29, 0.717) is 12.8 Å². The summed E-state index contributed by atoms with van der Waals surface area (Å²) in [6.07, 6.45) is 0.0881. The molecule has 0 aromatic heterocycles. The molecule has 3 N–H and O–H groups in total. The van der Waals surface area contributed by atoms with Crippen LogP contribution in [0, 0.1) is 5.92 Å². The first-order valence-corrected chi connectivity index (χ1v) is 4.29. The van der Waals surface area contributed by atoms with E-state index in [1.807, 2.05) is 0 Å². The zero-order valence-corrected chi connectivity index (χ0v) is 7.53. The van der Waals surface area contributed by atoms with Gasteiger partial charge in [-0.2, -0.15) is 0 Å². The quantitative estimate of drug-likeness (QED) is 0.586. The summed E-state index contributed by atoms with van der Waals surface area (Å²) in [6, 6.07) is 0. The molecule has 0 amide bonds. The van der Waals surface area contributed by atoms with Crippen LogP contribution in [0.3, 0.4) is 0 Å². The molecule has 1 aliphatic rings. The maximum atomic E-state index is 10.8. The molecule has 0 heterocycles. The normalized spacial score (nSPS) is 28.2. The van der Waals surface area contributed by atoms with Gasteiger partial charge in [0, 0.05) is 18.1 Å². The maximum Gasteiger partial charge on any atom is 0.331 e. The second-order valence-electron chi connectivity index (χ2n) is 3.39. The maximum absolute atomic E-state index is 10.8. The second-order valence-corrected chi connectivity index (χ2v) is 3.39. The van der Waals surface area contributed by atoms with E-state index in [-0.39, 0.29) is 12.2 Å². The first kappa shape index (κ1) is 10.2. The molecule has 0 saturated heterocycles. The van der Waals surface area contributed by atoms with Crippen LogP contribution >= 0.6 is 0 Å². The molecule has 4 heteroatoms. The zero-order chi connectivity index (χ0) is 10.0. The minimum atomic E-state index is -0.979. The molecule has 1 rings (SSSR count). The van der Waals surface area contributed by atoms with Crippen molar-refractivity contribution in [3.63, 3.8) is 0 Å². The van der Waals surface area contributed by atoms with Gasteiger partial charge >= 0.3 is 5.97 Å². The van der Waals surface area contributed by atoms with Crippen molar-refractivity contribution in [2.75, 3.05) is 6.61 Å². The van der Waals surface area contributed by atoms with E-state index in [1.54, 1.807) is 6.92 Å². The second kappa shape index (κ2) is 3.89. The van der Waals surface area contributed by atoms with E-state index in [1.165, 1.54) is 0 Å². The molecule has 0 bridgehead atoms. The van der Waals surface area contributed by atoms with Gasteiger partial charge in [0.1, 0.15) is 0 Å². The molecule has 0 saturated carbocycles. The fourth-order valence-electron chi connectivity index (χ4n) is 1.89. The average Bonchev–Trinajstić information content (AvgIpc) is 2.27. The number of hydrogen-bond donors (Lipinski definition) is 3. The summed E-state index contributed by atoms with van der Waals surface area (Å²) in [7, 11) is 0. The smallest absolute Gasteiger partial charge is 0.331 e. The molecule has 0 aromatic rings. The molecule has 2 atom stereocenters. The molecule has 74 valence electrons.